The first kappa shape index (κ1) is 24.4. The van der Waals surface area contributed by atoms with Gasteiger partial charge in [0.05, 0.1) is 12.6 Å². The average Bonchev–Trinajstić information content (AvgIpc) is 2.66. The van der Waals surface area contributed by atoms with Crippen molar-refractivity contribution in [2.24, 2.45) is 29.4 Å². The van der Waals surface area contributed by atoms with Gasteiger partial charge in [-0.15, -0.1) is 12.4 Å². The van der Waals surface area contributed by atoms with Crippen molar-refractivity contribution in [1.82, 2.24) is 10.6 Å². The molecule has 4 N–H and O–H groups in total. The Balaban J connectivity index is 0.00000392. The highest BCUT2D eigenvalue weighted by atomic mass is 35.5. The Morgan fingerprint density at radius 3 is 2.46 bits per heavy atom. The highest BCUT2D eigenvalue weighted by molar-refractivity contribution is 5.85. The van der Waals surface area contributed by atoms with Gasteiger partial charge in [-0.3, -0.25) is 9.59 Å². The van der Waals surface area contributed by atoms with Crippen LogP contribution in [-0.2, 0) is 16.0 Å². The minimum absolute atomic E-state index is 0. The van der Waals surface area contributed by atoms with Gasteiger partial charge in [0.2, 0.25) is 11.8 Å². The Kier molecular flexibility index (Phi) is 10.5. The van der Waals surface area contributed by atoms with Crippen molar-refractivity contribution in [3.8, 4) is 0 Å². The fourth-order valence-corrected chi connectivity index (χ4v) is 4.22. The summed E-state index contributed by atoms with van der Waals surface area (Å²) in [6, 6.07) is 9.82. The Hall–Kier alpha value is -1.59. The lowest BCUT2D eigenvalue weighted by molar-refractivity contribution is -0.129. The van der Waals surface area contributed by atoms with Gasteiger partial charge in [0.1, 0.15) is 0 Å². The molecular formula is C22H36ClN3O2. The van der Waals surface area contributed by atoms with E-state index in [1.54, 1.807) is 0 Å². The van der Waals surface area contributed by atoms with Crippen molar-refractivity contribution in [1.29, 1.82) is 0 Å². The van der Waals surface area contributed by atoms with E-state index < -0.39 is 0 Å². The van der Waals surface area contributed by atoms with E-state index in [0.717, 1.165) is 18.4 Å². The van der Waals surface area contributed by atoms with Gasteiger partial charge < -0.3 is 16.4 Å². The lowest BCUT2D eigenvalue weighted by Crippen LogP contribution is -2.49. The molecular weight excluding hydrogens is 374 g/mol. The second kappa shape index (κ2) is 12.1. The molecule has 1 aliphatic rings. The summed E-state index contributed by atoms with van der Waals surface area (Å²) in [6.07, 6.45) is 3.94. The van der Waals surface area contributed by atoms with Crippen LogP contribution in [0.4, 0.5) is 0 Å². The topological polar surface area (TPSA) is 84.2 Å². The molecule has 1 aromatic rings. The zero-order valence-electron chi connectivity index (χ0n) is 17.3. The van der Waals surface area contributed by atoms with Gasteiger partial charge in [-0.2, -0.15) is 0 Å². The van der Waals surface area contributed by atoms with Crippen LogP contribution in [0.3, 0.4) is 0 Å². The molecule has 0 aliphatic heterocycles. The minimum Gasteiger partial charge on any atom is -0.354 e. The summed E-state index contributed by atoms with van der Waals surface area (Å²) < 4.78 is 0. The van der Waals surface area contributed by atoms with Crippen LogP contribution in [0.15, 0.2) is 30.3 Å². The molecule has 1 saturated carbocycles. The standard InChI is InChI=1S/C22H35N3O2.ClH/c1-15(2)19-10-9-16(3)11-20(19)22(27)24-14-18(25-21(26)13-23)12-17-7-5-4-6-8-17;/h4-8,15-16,18-20H,9-14,23H2,1-3H3,(H,24,27)(H,25,26);1H/t16-,18+,19+,20-;/m1./s1. The first-order chi connectivity index (χ1) is 12.9. The zero-order chi connectivity index (χ0) is 19.8. The van der Waals surface area contributed by atoms with E-state index in [1.807, 2.05) is 30.3 Å². The molecule has 28 heavy (non-hydrogen) atoms. The van der Waals surface area contributed by atoms with Gasteiger partial charge >= 0.3 is 0 Å². The smallest absolute Gasteiger partial charge is 0.234 e. The van der Waals surface area contributed by atoms with Crippen LogP contribution in [-0.4, -0.2) is 30.9 Å². The van der Waals surface area contributed by atoms with E-state index in [9.17, 15) is 9.59 Å². The van der Waals surface area contributed by atoms with E-state index >= 15 is 0 Å². The molecule has 5 nitrogen and oxygen atoms in total. The van der Waals surface area contributed by atoms with Crippen LogP contribution in [0.1, 0.15) is 45.6 Å². The monoisotopic (exact) mass is 409 g/mol. The summed E-state index contributed by atoms with van der Waals surface area (Å²) in [7, 11) is 0. The third kappa shape index (κ3) is 7.44. The van der Waals surface area contributed by atoms with Crippen molar-refractivity contribution in [2.45, 2.75) is 52.5 Å². The predicted molar refractivity (Wildman–Crippen MR) is 116 cm³/mol. The van der Waals surface area contributed by atoms with Crippen molar-refractivity contribution < 1.29 is 9.59 Å². The average molecular weight is 410 g/mol. The lowest BCUT2D eigenvalue weighted by atomic mass is 9.70. The molecule has 0 unspecified atom stereocenters. The van der Waals surface area contributed by atoms with Crippen LogP contribution >= 0.6 is 12.4 Å². The van der Waals surface area contributed by atoms with E-state index in [1.165, 1.54) is 6.42 Å². The number of nitrogens with one attached hydrogen (secondary N) is 2. The summed E-state index contributed by atoms with van der Waals surface area (Å²) >= 11 is 0. The molecule has 2 amide bonds. The van der Waals surface area contributed by atoms with E-state index in [2.05, 4.69) is 31.4 Å². The Bertz CT molecular complexity index is 609. The largest absolute Gasteiger partial charge is 0.354 e. The molecule has 0 bridgehead atoms. The Labute approximate surface area is 175 Å². The van der Waals surface area contributed by atoms with Gasteiger partial charge in [-0.05, 0) is 42.6 Å². The van der Waals surface area contributed by atoms with Crippen molar-refractivity contribution >= 4 is 24.2 Å². The first-order valence-electron chi connectivity index (χ1n) is 10.2. The predicted octanol–water partition coefficient (Wildman–Crippen LogP) is 2.92. The van der Waals surface area contributed by atoms with Gasteiger partial charge in [-0.25, -0.2) is 0 Å². The number of amides is 2. The zero-order valence-corrected chi connectivity index (χ0v) is 18.1. The van der Waals surface area contributed by atoms with E-state index in [0.29, 0.717) is 30.7 Å². The Morgan fingerprint density at radius 1 is 1.18 bits per heavy atom. The summed E-state index contributed by atoms with van der Waals surface area (Å²) in [5.41, 5.74) is 6.58. The molecule has 0 spiro atoms. The lowest BCUT2D eigenvalue weighted by Gasteiger charge is -2.36. The second-order valence-corrected chi connectivity index (χ2v) is 8.34. The van der Waals surface area contributed by atoms with Crippen molar-refractivity contribution in [2.75, 3.05) is 13.1 Å². The molecule has 0 radical (unpaired) electrons. The summed E-state index contributed by atoms with van der Waals surface area (Å²) in [5.74, 6) is 1.53. The highest BCUT2D eigenvalue weighted by Gasteiger charge is 2.35. The maximum absolute atomic E-state index is 12.9. The summed E-state index contributed by atoms with van der Waals surface area (Å²) in [5, 5.41) is 6.05. The normalized spacial score (nSPS) is 22.8. The number of nitrogens with two attached hydrogens (primary N) is 1. The molecule has 2 rings (SSSR count). The van der Waals surface area contributed by atoms with Crippen molar-refractivity contribution in [3.63, 3.8) is 0 Å². The third-order valence-corrected chi connectivity index (χ3v) is 5.76. The fraction of sp³-hybridized carbons (Fsp3) is 0.636. The van der Waals surface area contributed by atoms with Gasteiger partial charge in [-0.1, -0.05) is 57.5 Å². The summed E-state index contributed by atoms with van der Waals surface area (Å²) in [4.78, 5) is 24.7. The third-order valence-electron chi connectivity index (χ3n) is 5.76. The molecule has 0 heterocycles. The van der Waals surface area contributed by atoms with Crippen LogP contribution in [0, 0.1) is 23.7 Å². The van der Waals surface area contributed by atoms with Crippen LogP contribution in [0.2, 0.25) is 0 Å². The van der Waals surface area contributed by atoms with Crippen LogP contribution in [0.5, 0.6) is 0 Å². The van der Waals surface area contributed by atoms with E-state index in [-0.39, 0.29) is 42.7 Å². The molecule has 6 heteroatoms. The Morgan fingerprint density at radius 2 is 1.86 bits per heavy atom. The number of halogens is 1. The van der Waals surface area contributed by atoms with Gasteiger partial charge in [0.25, 0.3) is 0 Å². The molecule has 4 atom stereocenters. The van der Waals surface area contributed by atoms with E-state index in [4.69, 9.17) is 5.73 Å². The van der Waals surface area contributed by atoms with Crippen LogP contribution < -0.4 is 16.4 Å². The van der Waals surface area contributed by atoms with Gasteiger partial charge in [0, 0.05) is 12.5 Å². The molecule has 1 fully saturated rings. The van der Waals surface area contributed by atoms with Crippen LogP contribution in [0.25, 0.3) is 0 Å². The number of hydrogen-bond donors (Lipinski definition) is 3. The number of carbonyl (C=O) groups excluding carboxylic acids is 2. The molecule has 1 aromatic carbocycles. The number of benzene rings is 1. The highest BCUT2D eigenvalue weighted by Crippen LogP contribution is 2.38. The number of rotatable bonds is 8. The second-order valence-electron chi connectivity index (χ2n) is 8.34. The number of hydrogen-bond acceptors (Lipinski definition) is 3. The minimum atomic E-state index is -0.198. The quantitative estimate of drug-likeness (QED) is 0.617. The SMILES string of the molecule is CC(C)[C@@H]1CC[C@@H](C)C[C@H]1C(=O)NC[C@H](Cc1ccccc1)NC(=O)CN.Cl. The maximum atomic E-state index is 12.9. The number of carbonyl (C=O) groups is 2. The first-order valence-corrected chi connectivity index (χ1v) is 10.2. The van der Waals surface area contributed by atoms with Gasteiger partial charge in [0.15, 0.2) is 0 Å². The molecule has 0 saturated heterocycles. The molecule has 0 aromatic heterocycles. The maximum Gasteiger partial charge on any atom is 0.234 e. The fourth-order valence-electron chi connectivity index (χ4n) is 4.22. The molecule has 1 aliphatic carbocycles. The van der Waals surface area contributed by atoms with Crippen molar-refractivity contribution in [3.05, 3.63) is 35.9 Å². The summed E-state index contributed by atoms with van der Waals surface area (Å²) in [6.45, 7) is 7.03. The molecule has 158 valence electrons.